The number of anilines is 1. The third-order valence-corrected chi connectivity index (χ3v) is 6.88. The van der Waals surface area contributed by atoms with Gasteiger partial charge in [0.1, 0.15) is 0 Å². The Morgan fingerprint density at radius 2 is 1.03 bits per heavy atom. The standard InChI is InChI=1S/C23H24N6O5S2/c1-15(17-5-11-21(12-6-17)35(24,31)32)26-28-20-9-3-19(4-10-20)23(30)29-27-16(2)18-7-13-22(14-8-18)36(25,33)34/h3-14,28H,1-2H3,(H,29,30)(H2,24,31,32)(H2,25,33,34). The van der Waals surface area contributed by atoms with Crippen LogP contribution in [-0.2, 0) is 20.0 Å². The molecule has 0 heterocycles. The van der Waals surface area contributed by atoms with Crippen molar-refractivity contribution < 1.29 is 21.6 Å². The Balaban J connectivity index is 1.61. The lowest BCUT2D eigenvalue weighted by Crippen LogP contribution is -2.19. The smallest absolute Gasteiger partial charge is 0.271 e. The van der Waals surface area contributed by atoms with Crippen LogP contribution in [0.4, 0.5) is 5.69 Å². The molecule has 0 aromatic heterocycles. The van der Waals surface area contributed by atoms with Crippen LogP contribution in [0, 0.1) is 0 Å². The molecule has 0 spiro atoms. The van der Waals surface area contributed by atoms with Gasteiger partial charge in [-0.25, -0.2) is 32.5 Å². The number of hydrazone groups is 2. The average molecular weight is 529 g/mol. The molecule has 36 heavy (non-hydrogen) atoms. The molecule has 0 aliphatic carbocycles. The van der Waals surface area contributed by atoms with E-state index < -0.39 is 26.0 Å². The van der Waals surface area contributed by atoms with Crippen molar-refractivity contribution in [3.8, 4) is 0 Å². The van der Waals surface area contributed by atoms with Gasteiger partial charge in [-0.1, -0.05) is 24.3 Å². The summed E-state index contributed by atoms with van der Waals surface area (Å²) in [4.78, 5) is 12.4. The lowest BCUT2D eigenvalue weighted by atomic mass is 10.1. The fraction of sp³-hybridized carbons (Fsp3) is 0.0870. The number of primary sulfonamides is 2. The number of nitrogens with one attached hydrogen (secondary N) is 2. The molecule has 1 amide bonds. The summed E-state index contributed by atoms with van der Waals surface area (Å²) >= 11 is 0. The zero-order valence-electron chi connectivity index (χ0n) is 19.3. The highest BCUT2D eigenvalue weighted by Gasteiger charge is 2.10. The van der Waals surface area contributed by atoms with Crippen LogP contribution in [0.25, 0.3) is 0 Å². The zero-order valence-corrected chi connectivity index (χ0v) is 21.0. The normalized spacial score (nSPS) is 12.8. The van der Waals surface area contributed by atoms with Crippen LogP contribution in [0.5, 0.6) is 0 Å². The number of carbonyl (C=O) groups excluding carboxylic acids is 1. The predicted octanol–water partition coefficient (Wildman–Crippen LogP) is 1.97. The summed E-state index contributed by atoms with van der Waals surface area (Å²) in [6, 6.07) is 18.3. The number of hydrogen-bond acceptors (Lipinski definition) is 8. The molecule has 3 aromatic rings. The molecule has 0 aliphatic heterocycles. The van der Waals surface area contributed by atoms with Crippen molar-refractivity contribution in [2.45, 2.75) is 23.6 Å². The summed E-state index contributed by atoms with van der Waals surface area (Å²) in [5, 5.41) is 18.5. The maximum atomic E-state index is 12.4. The van der Waals surface area contributed by atoms with Gasteiger partial charge in [0, 0.05) is 5.56 Å². The number of nitrogens with two attached hydrogens (primary N) is 2. The van der Waals surface area contributed by atoms with Crippen LogP contribution < -0.4 is 21.1 Å². The highest BCUT2D eigenvalue weighted by Crippen LogP contribution is 2.13. The fourth-order valence-electron chi connectivity index (χ4n) is 2.94. The second-order valence-electron chi connectivity index (χ2n) is 7.66. The molecule has 0 aliphatic rings. The molecule has 188 valence electrons. The second kappa shape index (κ2) is 10.8. The Morgan fingerprint density at radius 1 is 0.639 bits per heavy atom. The van der Waals surface area contributed by atoms with E-state index in [2.05, 4.69) is 21.1 Å². The molecule has 0 saturated heterocycles. The van der Waals surface area contributed by atoms with E-state index in [0.717, 1.165) is 0 Å². The molecule has 3 aromatic carbocycles. The molecule has 0 radical (unpaired) electrons. The van der Waals surface area contributed by atoms with Crippen LogP contribution >= 0.6 is 0 Å². The van der Waals surface area contributed by atoms with E-state index >= 15 is 0 Å². The van der Waals surface area contributed by atoms with Crippen LogP contribution in [0.1, 0.15) is 35.3 Å². The van der Waals surface area contributed by atoms with Gasteiger partial charge in [-0.05, 0) is 73.5 Å². The summed E-state index contributed by atoms with van der Waals surface area (Å²) in [7, 11) is -7.55. The average Bonchev–Trinajstić information content (AvgIpc) is 2.85. The summed E-state index contributed by atoms with van der Waals surface area (Å²) in [5.74, 6) is -0.434. The van der Waals surface area contributed by atoms with Crippen molar-refractivity contribution in [1.82, 2.24) is 5.43 Å². The van der Waals surface area contributed by atoms with Crippen molar-refractivity contribution in [3.63, 3.8) is 0 Å². The Bertz CT molecular complexity index is 1530. The molecular weight excluding hydrogens is 504 g/mol. The third-order valence-electron chi connectivity index (χ3n) is 5.03. The largest absolute Gasteiger partial charge is 0.278 e. The summed E-state index contributed by atoms with van der Waals surface area (Å²) in [6.07, 6.45) is 0. The number of rotatable bonds is 8. The molecule has 6 N–H and O–H groups in total. The second-order valence-corrected chi connectivity index (χ2v) is 10.8. The van der Waals surface area contributed by atoms with Crippen LogP contribution in [0.2, 0.25) is 0 Å². The maximum Gasteiger partial charge on any atom is 0.271 e. The summed E-state index contributed by atoms with van der Waals surface area (Å²) in [5.41, 5.74) is 8.73. The van der Waals surface area contributed by atoms with E-state index in [1.165, 1.54) is 24.3 Å². The van der Waals surface area contributed by atoms with Gasteiger partial charge in [0.25, 0.3) is 5.91 Å². The molecule has 3 rings (SSSR count). The van der Waals surface area contributed by atoms with Gasteiger partial charge >= 0.3 is 0 Å². The summed E-state index contributed by atoms with van der Waals surface area (Å²) < 4.78 is 45.4. The lowest BCUT2D eigenvalue weighted by molar-refractivity contribution is 0.0955. The van der Waals surface area contributed by atoms with Gasteiger partial charge in [-0.3, -0.25) is 10.2 Å². The first-order valence-corrected chi connectivity index (χ1v) is 13.5. The first-order valence-electron chi connectivity index (χ1n) is 10.4. The van der Waals surface area contributed by atoms with E-state index in [9.17, 15) is 21.6 Å². The van der Waals surface area contributed by atoms with Gasteiger partial charge < -0.3 is 0 Å². The minimum Gasteiger partial charge on any atom is -0.278 e. The SMILES string of the molecule is CC(=NNC(=O)c1ccc(NN=C(C)c2ccc(S(N)(=O)=O)cc2)cc1)c1ccc(S(N)(=O)=O)cc1. The Kier molecular flexibility index (Phi) is 8.00. The van der Waals surface area contributed by atoms with Crippen molar-refractivity contribution in [3.05, 3.63) is 89.5 Å². The molecule has 0 fully saturated rings. The number of sulfonamides is 2. The molecule has 11 nitrogen and oxygen atoms in total. The third kappa shape index (κ3) is 7.05. The van der Waals surface area contributed by atoms with Gasteiger partial charge in [0.15, 0.2) is 0 Å². The van der Waals surface area contributed by atoms with Gasteiger partial charge in [0.2, 0.25) is 20.0 Å². The predicted molar refractivity (Wildman–Crippen MR) is 138 cm³/mol. The van der Waals surface area contributed by atoms with Crippen LogP contribution in [-0.4, -0.2) is 34.2 Å². The minimum atomic E-state index is -3.79. The number of benzene rings is 3. The molecule has 0 atom stereocenters. The number of hydrogen-bond donors (Lipinski definition) is 4. The Labute approximate surface area is 209 Å². The number of amides is 1. The first kappa shape index (κ1) is 26.7. The van der Waals surface area contributed by atoms with Crippen LogP contribution in [0.3, 0.4) is 0 Å². The van der Waals surface area contributed by atoms with Crippen molar-refractivity contribution in [1.29, 1.82) is 0 Å². The van der Waals surface area contributed by atoms with Gasteiger partial charge in [0.05, 0.1) is 26.9 Å². The van der Waals surface area contributed by atoms with Gasteiger partial charge in [-0.15, -0.1) is 0 Å². The monoisotopic (exact) mass is 528 g/mol. The quantitative estimate of drug-likeness (QED) is 0.256. The van der Waals surface area contributed by atoms with E-state index in [0.29, 0.717) is 33.8 Å². The minimum absolute atomic E-state index is 0.0142. The maximum absolute atomic E-state index is 12.4. The van der Waals surface area contributed by atoms with E-state index in [1.54, 1.807) is 62.4 Å². The fourth-order valence-corrected chi connectivity index (χ4v) is 3.98. The molecule has 13 heteroatoms. The Hall–Kier alpha value is -3.91. The number of carbonyl (C=O) groups is 1. The number of nitrogens with zero attached hydrogens (tertiary/aromatic N) is 2. The highest BCUT2D eigenvalue weighted by atomic mass is 32.2. The molecule has 0 bridgehead atoms. The van der Waals surface area contributed by atoms with E-state index in [4.69, 9.17) is 10.3 Å². The molecule has 0 unspecified atom stereocenters. The van der Waals surface area contributed by atoms with Crippen molar-refractivity contribution in [2.24, 2.45) is 20.5 Å². The Morgan fingerprint density at radius 3 is 1.44 bits per heavy atom. The van der Waals surface area contributed by atoms with Crippen molar-refractivity contribution in [2.75, 3.05) is 5.43 Å². The van der Waals surface area contributed by atoms with Gasteiger partial charge in [-0.2, -0.15) is 10.2 Å². The lowest BCUT2D eigenvalue weighted by Gasteiger charge is -2.06. The first-order chi connectivity index (χ1) is 16.8. The zero-order chi connectivity index (χ0) is 26.5. The van der Waals surface area contributed by atoms with E-state index in [-0.39, 0.29) is 9.79 Å². The molecular formula is C23H24N6O5S2. The van der Waals surface area contributed by atoms with Crippen molar-refractivity contribution >= 4 is 43.1 Å². The topological polar surface area (TPSA) is 186 Å². The summed E-state index contributed by atoms with van der Waals surface area (Å²) in [6.45, 7) is 3.42. The highest BCUT2D eigenvalue weighted by molar-refractivity contribution is 7.89. The van der Waals surface area contributed by atoms with Crippen LogP contribution in [0.15, 0.2) is 92.8 Å². The molecule has 0 saturated carbocycles. The van der Waals surface area contributed by atoms with E-state index in [1.807, 2.05) is 0 Å².